The lowest BCUT2D eigenvalue weighted by molar-refractivity contribution is -0.140. The molecule has 0 spiro atoms. The topological polar surface area (TPSA) is 88.2 Å². The van der Waals surface area contributed by atoms with Crippen LogP contribution in [-0.2, 0) is 4.79 Å². The molecule has 0 aliphatic heterocycles. The molecule has 2 N–H and O–H groups in total. The molecule has 94 valence electrons. The van der Waals surface area contributed by atoms with Crippen molar-refractivity contribution in [1.82, 2.24) is 15.5 Å². The summed E-state index contributed by atoms with van der Waals surface area (Å²) in [7, 11) is 0. The Balaban J connectivity index is 1.99. The van der Waals surface area contributed by atoms with Crippen LogP contribution in [-0.4, -0.2) is 26.8 Å². The fourth-order valence-electron chi connectivity index (χ4n) is 2.07. The highest BCUT2D eigenvalue weighted by Gasteiger charge is 2.39. The summed E-state index contributed by atoms with van der Waals surface area (Å²) in [4.78, 5) is 15.9. The first-order valence-corrected chi connectivity index (χ1v) is 5.85. The van der Waals surface area contributed by atoms with E-state index in [0.717, 1.165) is 12.8 Å². The third-order valence-electron chi connectivity index (χ3n) is 3.11. The summed E-state index contributed by atoms with van der Waals surface area (Å²) in [5.41, 5.74) is -1.22. The number of rotatable bonds is 3. The van der Waals surface area contributed by atoms with Crippen molar-refractivity contribution >= 4 is 5.91 Å². The molecule has 1 atom stereocenters. The molecule has 1 saturated carbocycles. The minimum atomic E-state index is -1.22. The number of aromatic nitrogens is 2. The molecule has 1 aliphatic rings. The second-order valence-electron chi connectivity index (χ2n) is 4.61. The molecule has 1 fully saturated rings. The Morgan fingerprint density at radius 1 is 1.53 bits per heavy atom. The van der Waals surface area contributed by atoms with Gasteiger partial charge in [-0.25, -0.2) is 0 Å². The number of aliphatic hydroxyl groups is 1. The number of amides is 1. The van der Waals surface area contributed by atoms with Crippen LogP contribution in [0.25, 0.3) is 0 Å². The summed E-state index contributed by atoms with van der Waals surface area (Å²) in [5, 5.41) is 16.4. The third-order valence-corrected chi connectivity index (χ3v) is 3.11. The molecule has 1 aromatic heterocycles. The van der Waals surface area contributed by atoms with Crippen LogP contribution in [0.2, 0.25) is 0 Å². The Kier molecular flexibility index (Phi) is 3.15. The number of aryl methyl sites for hydroxylation is 1. The molecule has 2 rings (SSSR count). The molecule has 17 heavy (non-hydrogen) atoms. The highest BCUT2D eigenvalue weighted by molar-refractivity contribution is 5.85. The predicted molar refractivity (Wildman–Crippen MR) is 59.0 cm³/mol. The van der Waals surface area contributed by atoms with E-state index in [-0.39, 0.29) is 11.9 Å². The van der Waals surface area contributed by atoms with E-state index in [9.17, 15) is 9.90 Å². The molecular weight excluding hydrogens is 222 g/mol. The maximum absolute atomic E-state index is 11.9. The fraction of sp³-hybridized carbons (Fsp3) is 0.727. The third kappa shape index (κ3) is 2.46. The molecule has 1 heterocycles. The average molecular weight is 239 g/mol. The summed E-state index contributed by atoms with van der Waals surface area (Å²) < 4.78 is 4.97. The summed E-state index contributed by atoms with van der Waals surface area (Å²) in [6.07, 6.45) is 2.82. The van der Waals surface area contributed by atoms with Gasteiger partial charge in [-0.2, -0.15) is 4.98 Å². The van der Waals surface area contributed by atoms with Gasteiger partial charge in [-0.05, 0) is 39.5 Å². The smallest absolute Gasteiger partial charge is 0.252 e. The highest BCUT2D eigenvalue weighted by atomic mass is 16.5. The van der Waals surface area contributed by atoms with Gasteiger partial charge in [0, 0.05) is 0 Å². The molecule has 0 saturated heterocycles. The fourth-order valence-corrected chi connectivity index (χ4v) is 2.07. The van der Waals surface area contributed by atoms with Gasteiger partial charge >= 0.3 is 0 Å². The second kappa shape index (κ2) is 4.44. The van der Waals surface area contributed by atoms with Crippen molar-refractivity contribution in [2.75, 3.05) is 0 Å². The molecule has 1 unspecified atom stereocenters. The van der Waals surface area contributed by atoms with Gasteiger partial charge in [0.15, 0.2) is 5.82 Å². The molecule has 0 bridgehead atoms. The van der Waals surface area contributed by atoms with E-state index in [2.05, 4.69) is 15.5 Å². The standard InChI is InChI=1S/C11H17N3O3/c1-7(9-13-8(2)14-17-9)12-10(15)11(16)5-3-4-6-11/h7,16H,3-6H2,1-2H3,(H,12,15). The number of carbonyl (C=O) groups is 1. The van der Waals surface area contributed by atoms with Gasteiger partial charge in [0.1, 0.15) is 11.6 Å². The van der Waals surface area contributed by atoms with E-state index < -0.39 is 5.60 Å². The number of carbonyl (C=O) groups excluding carboxylic acids is 1. The van der Waals surface area contributed by atoms with E-state index in [0.29, 0.717) is 24.6 Å². The molecule has 1 aliphatic carbocycles. The summed E-state index contributed by atoms with van der Waals surface area (Å²) in [5.74, 6) is 0.538. The molecular formula is C11H17N3O3. The predicted octanol–water partition coefficient (Wildman–Crippen LogP) is 0.860. The minimum absolute atomic E-state index is 0.349. The van der Waals surface area contributed by atoms with E-state index in [1.165, 1.54) is 0 Å². The van der Waals surface area contributed by atoms with Crippen LogP contribution in [0, 0.1) is 6.92 Å². The SMILES string of the molecule is Cc1noc(C(C)NC(=O)C2(O)CCCC2)n1. The highest BCUT2D eigenvalue weighted by Crippen LogP contribution is 2.30. The van der Waals surface area contributed by atoms with Crippen LogP contribution in [0.4, 0.5) is 0 Å². The quantitative estimate of drug-likeness (QED) is 0.816. The largest absolute Gasteiger partial charge is 0.380 e. The molecule has 1 aromatic rings. The van der Waals surface area contributed by atoms with Crippen LogP contribution in [0.1, 0.15) is 50.4 Å². The van der Waals surface area contributed by atoms with Gasteiger partial charge in [-0.1, -0.05) is 5.16 Å². The molecule has 6 heteroatoms. The lowest BCUT2D eigenvalue weighted by Gasteiger charge is -2.22. The lowest BCUT2D eigenvalue weighted by atomic mass is 10.0. The summed E-state index contributed by atoms with van der Waals surface area (Å²) in [6, 6.07) is -0.381. The van der Waals surface area contributed by atoms with Crippen molar-refractivity contribution in [2.24, 2.45) is 0 Å². The number of nitrogens with zero attached hydrogens (tertiary/aromatic N) is 2. The van der Waals surface area contributed by atoms with Gasteiger partial charge in [0.2, 0.25) is 5.89 Å². The van der Waals surface area contributed by atoms with Crippen molar-refractivity contribution in [2.45, 2.75) is 51.2 Å². The van der Waals surface area contributed by atoms with Crippen molar-refractivity contribution in [1.29, 1.82) is 0 Å². The number of hydrogen-bond donors (Lipinski definition) is 2. The van der Waals surface area contributed by atoms with Crippen molar-refractivity contribution in [3.8, 4) is 0 Å². The number of nitrogens with one attached hydrogen (secondary N) is 1. The zero-order valence-electron chi connectivity index (χ0n) is 10.1. The first kappa shape index (κ1) is 12.0. The van der Waals surface area contributed by atoms with E-state index >= 15 is 0 Å². The summed E-state index contributed by atoms with van der Waals surface area (Å²) >= 11 is 0. The second-order valence-corrected chi connectivity index (χ2v) is 4.61. The van der Waals surface area contributed by atoms with Crippen LogP contribution < -0.4 is 5.32 Å². The maximum Gasteiger partial charge on any atom is 0.252 e. The van der Waals surface area contributed by atoms with Gasteiger partial charge in [-0.15, -0.1) is 0 Å². The molecule has 0 radical (unpaired) electrons. The zero-order valence-corrected chi connectivity index (χ0v) is 10.1. The lowest BCUT2D eigenvalue weighted by Crippen LogP contribution is -2.45. The van der Waals surface area contributed by atoms with E-state index in [1.54, 1.807) is 13.8 Å². The van der Waals surface area contributed by atoms with Crippen molar-refractivity contribution < 1.29 is 14.4 Å². The molecule has 1 amide bonds. The Hall–Kier alpha value is -1.43. The van der Waals surface area contributed by atoms with Gasteiger partial charge in [0.05, 0.1) is 0 Å². The molecule has 6 nitrogen and oxygen atoms in total. The first-order chi connectivity index (χ1) is 8.01. The first-order valence-electron chi connectivity index (χ1n) is 5.85. The maximum atomic E-state index is 11.9. The number of hydrogen-bond acceptors (Lipinski definition) is 5. The van der Waals surface area contributed by atoms with Crippen LogP contribution >= 0.6 is 0 Å². The van der Waals surface area contributed by atoms with Crippen LogP contribution in [0.5, 0.6) is 0 Å². The monoisotopic (exact) mass is 239 g/mol. The van der Waals surface area contributed by atoms with Gasteiger partial charge in [0.25, 0.3) is 5.91 Å². The Morgan fingerprint density at radius 3 is 2.71 bits per heavy atom. The Bertz CT molecular complexity index is 410. The van der Waals surface area contributed by atoms with Gasteiger partial charge in [-0.3, -0.25) is 4.79 Å². The molecule has 0 aromatic carbocycles. The Labute approximate surface area is 99.4 Å². The van der Waals surface area contributed by atoms with Crippen LogP contribution in [0.3, 0.4) is 0 Å². The van der Waals surface area contributed by atoms with Crippen molar-refractivity contribution in [3.05, 3.63) is 11.7 Å². The van der Waals surface area contributed by atoms with E-state index in [4.69, 9.17) is 4.52 Å². The average Bonchev–Trinajstić information content (AvgIpc) is 2.88. The van der Waals surface area contributed by atoms with Crippen molar-refractivity contribution in [3.63, 3.8) is 0 Å². The van der Waals surface area contributed by atoms with E-state index in [1.807, 2.05) is 0 Å². The van der Waals surface area contributed by atoms with Gasteiger partial charge < -0.3 is 14.9 Å². The van der Waals surface area contributed by atoms with Crippen LogP contribution in [0.15, 0.2) is 4.52 Å². The minimum Gasteiger partial charge on any atom is -0.380 e. The zero-order chi connectivity index (χ0) is 12.5. The normalized spacial score (nSPS) is 20.2. The Morgan fingerprint density at radius 2 is 2.18 bits per heavy atom. The summed E-state index contributed by atoms with van der Waals surface area (Å²) in [6.45, 7) is 3.47.